The molecule has 0 bridgehead atoms. The summed E-state index contributed by atoms with van der Waals surface area (Å²) in [5.41, 5.74) is 3.87. The number of halogens is 2. The smallest absolute Gasteiger partial charge is 0.142 e. The highest BCUT2D eigenvalue weighted by atomic mass is 35.5. The molecule has 0 unspecified atom stereocenters. The number of aromatic nitrogens is 2. The highest BCUT2D eigenvalue weighted by Crippen LogP contribution is 2.34. The fourth-order valence-corrected chi connectivity index (χ4v) is 4.39. The Bertz CT molecular complexity index is 778. The third kappa shape index (κ3) is 4.27. The lowest BCUT2D eigenvalue weighted by atomic mass is 10.0. The lowest BCUT2D eigenvalue weighted by Crippen LogP contribution is -1.90. The molecule has 23 heavy (non-hydrogen) atoms. The summed E-state index contributed by atoms with van der Waals surface area (Å²) in [6.07, 6.45) is 0.806. The van der Waals surface area contributed by atoms with Crippen molar-refractivity contribution in [2.75, 3.05) is 0 Å². The lowest BCUT2D eigenvalue weighted by molar-refractivity contribution is 0.955. The van der Waals surface area contributed by atoms with E-state index in [1.54, 1.807) is 29.2 Å². The number of hydrogen-bond acceptors (Lipinski definition) is 4. The quantitative estimate of drug-likeness (QED) is 0.538. The van der Waals surface area contributed by atoms with Crippen LogP contribution in [0.2, 0.25) is 10.0 Å². The van der Waals surface area contributed by atoms with Crippen LogP contribution in [0.4, 0.5) is 0 Å². The van der Waals surface area contributed by atoms with Gasteiger partial charge in [0.05, 0.1) is 10.0 Å². The van der Waals surface area contributed by atoms with Gasteiger partial charge < -0.3 is 0 Å². The molecular weight excluding hydrogens is 367 g/mol. The standard InChI is InChI=1S/C17H14Cl2N2S2/c1-10-3-4-12(7-11(10)2)8-16-20-21-17(23-16)22-13-5-6-14(18)15(19)9-13/h3-7,9H,8H2,1-2H3. The van der Waals surface area contributed by atoms with E-state index in [1.807, 2.05) is 12.1 Å². The van der Waals surface area contributed by atoms with Crippen molar-refractivity contribution >= 4 is 46.3 Å². The molecule has 0 aliphatic carbocycles. The van der Waals surface area contributed by atoms with Crippen LogP contribution in [0.15, 0.2) is 45.6 Å². The Hall–Kier alpha value is -1.07. The van der Waals surface area contributed by atoms with Crippen molar-refractivity contribution in [2.45, 2.75) is 29.5 Å². The maximum absolute atomic E-state index is 6.04. The first-order valence-electron chi connectivity index (χ1n) is 7.02. The zero-order chi connectivity index (χ0) is 16.4. The minimum atomic E-state index is 0.552. The zero-order valence-corrected chi connectivity index (χ0v) is 15.8. The molecule has 0 fully saturated rings. The summed E-state index contributed by atoms with van der Waals surface area (Å²) in [6, 6.07) is 12.1. The molecule has 0 radical (unpaired) electrons. The molecule has 118 valence electrons. The van der Waals surface area contributed by atoms with Crippen molar-refractivity contribution in [3.8, 4) is 0 Å². The predicted octanol–water partition coefficient (Wildman–Crippen LogP) is 6.20. The zero-order valence-electron chi connectivity index (χ0n) is 12.6. The molecule has 0 aliphatic rings. The number of aryl methyl sites for hydroxylation is 2. The highest BCUT2D eigenvalue weighted by molar-refractivity contribution is 8.01. The molecule has 2 aromatic carbocycles. The largest absolute Gasteiger partial charge is 0.179 e. The van der Waals surface area contributed by atoms with Crippen LogP contribution in [-0.4, -0.2) is 10.2 Å². The van der Waals surface area contributed by atoms with Gasteiger partial charge in [0.1, 0.15) is 5.01 Å². The van der Waals surface area contributed by atoms with Crippen molar-refractivity contribution in [3.63, 3.8) is 0 Å². The molecule has 0 saturated heterocycles. The summed E-state index contributed by atoms with van der Waals surface area (Å²) in [5.74, 6) is 0. The third-order valence-electron chi connectivity index (χ3n) is 3.47. The summed E-state index contributed by atoms with van der Waals surface area (Å²) in [7, 11) is 0. The second-order valence-corrected chi connectivity index (χ2v) is 8.43. The summed E-state index contributed by atoms with van der Waals surface area (Å²) in [6.45, 7) is 4.25. The van der Waals surface area contributed by atoms with Crippen molar-refractivity contribution in [1.29, 1.82) is 0 Å². The molecule has 6 heteroatoms. The van der Waals surface area contributed by atoms with Crippen molar-refractivity contribution < 1.29 is 0 Å². The lowest BCUT2D eigenvalue weighted by Gasteiger charge is -2.02. The van der Waals surface area contributed by atoms with Gasteiger partial charge in [0.2, 0.25) is 0 Å². The summed E-state index contributed by atoms with van der Waals surface area (Å²) in [5, 5.41) is 10.7. The van der Waals surface area contributed by atoms with E-state index in [0.717, 1.165) is 20.7 Å². The van der Waals surface area contributed by atoms with Gasteiger partial charge in [0.15, 0.2) is 4.34 Å². The van der Waals surface area contributed by atoms with E-state index in [2.05, 4.69) is 42.2 Å². The van der Waals surface area contributed by atoms with E-state index in [4.69, 9.17) is 23.2 Å². The van der Waals surface area contributed by atoms with E-state index in [1.165, 1.54) is 16.7 Å². The summed E-state index contributed by atoms with van der Waals surface area (Å²) < 4.78 is 0.905. The Morgan fingerprint density at radius 3 is 2.52 bits per heavy atom. The van der Waals surface area contributed by atoms with Gasteiger partial charge in [-0.15, -0.1) is 10.2 Å². The van der Waals surface area contributed by atoms with Crippen LogP contribution in [0, 0.1) is 13.8 Å². The van der Waals surface area contributed by atoms with Crippen LogP contribution >= 0.6 is 46.3 Å². The minimum absolute atomic E-state index is 0.552. The average Bonchev–Trinajstić information content (AvgIpc) is 2.94. The molecule has 1 aromatic heterocycles. The first-order valence-corrected chi connectivity index (χ1v) is 9.41. The molecule has 0 N–H and O–H groups in total. The van der Waals surface area contributed by atoms with E-state index >= 15 is 0 Å². The van der Waals surface area contributed by atoms with Gasteiger partial charge in [-0.25, -0.2) is 0 Å². The van der Waals surface area contributed by atoms with Crippen molar-refractivity contribution in [1.82, 2.24) is 10.2 Å². The number of rotatable bonds is 4. The van der Waals surface area contributed by atoms with Gasteiger partial charge >= 0.3 is 0 Å². The molecule has 3 rings (SSSR count). The van der Waals surface area contributed by atoms with Crippen LogP contribution in [-0.2, 0) is 6.42 Å². The summed E-state index contributed by atoms with van der Waals surface area (Å²) >= 11 is 15.1. The molecule has 0 amide bonds. The molecule has 0 saturated carbocycles. The number of hydrogen-bond donors (Lipinski definition) is 0. The van der Waals surface area contributed by atoms with Gasteiger partial charge in [-0.05, 0) is 48.7 Å². The first kappa shape index (κ1) is 16.8. The van der Waals surface area contributed by atoms with Gasteiger partial charge in [-0.2, -0.15) is 0 Å². The number of nitrogens with zero attached hydrogens (tertiary/aromatic N) is 2. The SMILES string of the molecule is Cc1ccc(Cc2nnc(Sc3ccc(Cl)c(Cl)c3)s2)cc1C. The Labute approximate surface area is 153 Å². The molecule has 0 aliphatic heterocycles. The molecule has 3 aromatic rings. The van der Waals surface area contributed by atoms with E-state index in [-0.39, 0.29) is 0 Å². The Morgan fingerprint density at radius 2 is 1.78 bits per heavy atom. The normalized spacial score (nSPS) is 11.0. The van der Waals surface area contributed by atoms with E-state index in [0.29, 0.717) is 10.0 Å². The second-order valence-electron chi connectivity index (χ2n) is 5.24. The van der Waals surface area contributed by atoms with Crippen molar-refractivity contribution in [2.24, 2.45) is 0 Å². The monoisotopic (exact) mass is 380 g/mol. The molecular formula is C17H14Cl2N2S2. The average molecular weight is 381 g/mol. The van der Waals surface area contributed by atoms with E-state index in [9.17, 15) is 0 Å². The van der Waals surface area contributed by atoms with Crippen LogP contribution in [0.3, 0.4) is 0 Å². The van der Waals surface area contributed by atoms with Crippen LogP contribution < -0.4 is 0 Å². The Morgan fingerprint density at radius 1 is 0.957 bits per heavy atom. The molecule has 2 nitrogen and oxygen atoms in total. The minimum Gasteiger partial charge on any atom is -0.142 e. The highest BCUT2D eigenvalue weighted by Gasteiger charge is 2.09. The van der Waals surface area contributed by atoms with Gasteiger partial charge in [-0.1, -0.05) is 64.5 Å². The fourth-order valence-electron chi connectivity index (χ4n) is 2.08. The van der Waals surface area contributed by atoms with Gasteiger partial charge in [0.25, 0.3) is 0 Å². The summed E-state index contributed by atoms with van der Waals surface area (Å²) in [4.78, 5) is 1.01. The van der Waals surface area contributed by atoms with Crippen LogP contribution in [0.1, 0.15) is 21.7 Å². The molecule has 0 spiro atoms. The van der Waals surface area contributed by atoms with Crippen LogP contribution in [0.25, 0.3) is 0 Å². The van der Waals surface area contributed by atoms with Crippen molar-refractivity contribution in [3.05, 3.63) is 68.1 Å². The predicted molar refractivity (Wildman–Crippen MR) is 99.2 cm³/mol. The van der Waals surface area contributed by atoms with E-state index < -0.39 is 0 Å². The molecule has 0 atom stereocenters. The maximum Gasteiger partial charge on any atom is 0.179 e. The van der Waals surface area contributed by atoms with Crippen LogP contribution in [0.5, 0.6) is 0 Å². The maximum atomic E-state index is 6.04. The third-order valence-corrected chi connectivity index (χ3v) is 6.17. The second kappa shape index (κ2) is 7.22. The Balaban J connectivity index is 1.72. The van der Waals surface area contributed by atoms with Gasteiger partial charge in [-0.3, -0.25) is 0 Å². The number of benzene rings is 2. The first-order chi connectivity index (χ1) is 11.0. The topological polar surface area (TPSA) is 25.8 Å². The molecule has 1 heterocycles. The fraction of sp³-hybridized carbons (Fsp3) is 0.176. The Kier molecular flexibility index (Phi) is 5.27. The van der Waals surface area contributed by atoms with Gasteiger partial charge in [0, 0.05) is 11.3 Å².